The summed E-state index contributed by atoms with van der Waals surface area (Å²) in [6.45, 7) is 4.40. The van der Waals surface area contributed by atoms with E-state index < -0.39 is 0 Å². The Hall–Kier alpha value is -3.52. The maximum absolute atomic E-state index is 2.40. The summed E-state index contributed by atoms with van der Waals surface area (Å²) in [5.41, 5.74) is 10.3. The lowest BCUT2D eigenvalue weighted by molar-refractivity contribution is 0.862. The van der Waals surface area contributed by atoms with Gasteiger partial charge < -0.3 is 9.47 Å². The highest BCUT2D eigenvalue weighted by Gasteiger charge is 2.32. The predicted octanol–water partition coefficient (Wildman–Crippen LogP) is 6.83. The molecule has 2 heteroatoms. The van der Waals surface area contributed by atoms with Crippen LogP contribution in [0.5, 0.6) is 0 Å². The summed E-state index contributed by atoms with van der Waals surface area (Å²) >= 11 is 0. The third-order valence-corrected chi connectivity index (χ3v) is 6.19. The highest BCUT2D eigenvalue weighted by molar-refractivity contribution is 5.96. The van der Waals surface area contributed by atoms with Crippen LogP contribution in [0.15, 0.2) is 91.0 Å². The van der Waals surface area contributed by atoms with E-state index in [1.165, 1.54) is 45.0 Å². The Morgan fingerprint density at radius 2 is 1.40 bits per heavy atom. The number of benzene rings is 3. The van der Waals surface area contributed by atoms with Gasteiger partial charge in [-0.05, 0) is 60.9 Å². The topological polar surface area (TPSA) is 8.17 Å². The van der Waals surface area contributed by atoms with Gasteiger partial charge in [-0.2, -0.15) is 0 Å². The quantitative estimate of drug-likeness (QED) is 0.372. The second-order valence-electron chi connectivity index (χ2n) is 8.04. The first-order valence-corrected chi connectivity index (χ1v) is 10.5. The SMILES string of the molecule is Cc1cc(C=C2c3ccccc3N(C)C2c2ccccc2)c(C)n1-c1ccccc1. The van der Waals surface area contributed by atoms with Gasteiger partial charge in [-0.15, -0.1) is 0 Å². The van der Waals surface area contributed by atoms with Gasteiger partial charge in [-0.1, -0.05) is 66.7 Å². The molecule has 0 saturated heterocycles. The Morgan fingerprint density at radius 3 is 2.13 bits per heavy atom. The van der Waals surface area contributed by atoms with Crippen molar-refractivity contribution in [2.45, 2.75) is 19.9 Å². The molecule has 1 atom stereocenters. The largest absolute Gasteiger partial charge is 0.363 e. The molecule has 2 heterocycles. The van der Waals surface area contributed by atoms with Crippen LogP contribution >= 0.6 is 0 Å². The van der Waals surface area contributed by atoms with Gasteiger partial charge in [0.15, 0.2) is 0 Å². The minimum atomic E-state index is 0.211. The number of para-hydroxylation sites is 2. The monoisotopic (exact) mass is 390 g/mol. The number of hydrogen-bond acceptors (Lipinski definition) is 1. The number of fused-ring (bicyclic) bond motifs is 1. The van der Waals surface area contributed by atoms with Crippen molar-refractivity contribution in [1.82, 2.24) is 4.57 Å². The van der Waals surface area contributed by atoms with Gasteiger partial charge in [-0.3, -0.25) is 0 Å². The van der Waals surface area contributed by atoms with E-state index in [1.54, 1.807) is 0 Å². The molecular formula is C28H26N2. The van der Waals surface area contributed by atoms with E-state index in [2.05, 4.69) is 127 Å². The molecule has 0 amide bonds. The lowest BCUT2D eigenvalue weighted by atomic mass is 9.94. The number of nitrogens with zero attached hydrogens (tertiary/aromatic N) is 2. The number of aromatic nitrogens is 1. The number of anilines is 1. The van der Waals surface area contributed by atoms with E-state index in [0.29, 0.717) is 0 Å². The van der Waals surface area contributed by atoms with Gasteiger partial charge in [0, 0.05) is 35.4 Å². The minimum Gasteiger partial charge on any atom is -0.363 e. The fraction of sp³-hybridized carbons (Fsp3) is 0.143. The summed E-state index contributed by atoms with van der Waals surface area (Å²) in [4.78, 5) is 2.40. The maximum Gasteiger partial charge on any atom is 0.0799 e. The molecule has 3 aromatic carbocycles. The minimum absolute atomic E-state index is 0.211. The summed E-state index contributed by atoms with van der Waals surface area (Å²) in [7, 11) is 2.20. The molecule has 1 unspecified atom stereocenters. The maximum atomic E-state index is 2.40. The number of hydrogen-bond donors (Lipinski definition) is 0. The summed E-state index contributed by atoms with van der Waals surface area (Å²) in [5.74, 6) is 0. The average Bonchev–Trinajstić information content (AvgIpc) is 3.22. The molecule has 0 spiro atoms. The second-order valence-corrected chi connectivity index (χ2v) is 8.04. The van der Waals surface area contributed by atoms with Crippen molar-refractivity contribution in [3.05, 3.63) is 119 Å². The smallest absolute Gasteiger partial charge is 0.0799 e. The predicted molar refractivity (Wildman–Crippen MR) is 127 cm³/mol. The van der Waals surface area contributed by atoms with E-state index in [-0.39, 0.29) is 6.04 Å². The zero-order valence-electron chi connectivity index (χ0n) is 17.7. The van der Waals surface area contributed by atoms with Crippen molar-refractivity contribution < 1.29 is 0 Å². The van der Waals surface area contributed by atoms with E-state index in [9.17, 15) is 0 Å². The van der Waals surface area contributed by atoms with Crippen LogP contribution in [-0.2, 0) is 0 Å². The van der Waals surface area contributed by atoms with Crippen LogP contribution in [-0.4, -0.2) is 11.6 Å². The summed E-state index contributed by atoms with van der Waals surface area (Å²) in [6.07, 6.45) is 2.39. The van der Waals surface area contributed by atoms with Gasteiger partial charge in [0.1, 0.15) is 0 Å². The summed E-state index contributed by atoms with van der Waals surface area (Å²) in [6, 6.07) is 32.7. The molecule has 5 rings (SSSR count). The van der Waals surface area contributed by atoms with Gasteiger partial charge in [-0.25, -0.2) is 0 Å². The van der Waals surface area contributed by atoms with Crippen LogP contribution in [0.2, 0.25) is 0 Å². The molecule has 0 N–H and O–H groups in total. The van der Waals surface area contributed by atoms with Gasteiger partial charge in [0.05, 0.1) is 6.04 Å². The lowest BCUT2D eigenvalue weighted by Gasteiger charge is -2.24. The van der Waals surface area contributed by atoms with Crippen molar-refractivity contribution in [3.8, 4) is 5.69 Å². The molecular weight excluding hydrogens is 364 g/mol. The van der Waals surface area contributed by atoms with Gasteiger partial charge >= 0.3 is 0 Å². The summed E-state index contributed by atoms with van der Waals surface area (Å²) in [5, 5.41) is 0. The highest BCUT2D eigenvalue weighted by atomic mass is 15.2. The Balaban J connectivity index is 1.68. The van der Waals surface area contributed by atoms with Crippen LogP contribution < -0.4 is 4.90 Å². The van der Waals surface area contributed by atoms with Crippen molar-refractivity contribution in [2.75, 3.05) is 11.9 Å². The molecule has 0 radical (unpaired) electrons. The van der Waals surface area contributed by atoms with Crippen LogP contribution in [0.1, 0.15) is 34.1 Å². The zero-order chi connectivity index (χ0) is 20.7. The fourth-order valence-electron chi connectivity index (χ4n) is 4.79. The molecule has 0 bridgehead atoms. The molecule has 1 aliphatic heterocycles. The van der Waals surface area contributed by atoms with E-state index in [0.717, 1.165) is 0 Å². The van der Waals surface area contributed by atoms with Crippen LogP contribution in [0.4, 0.5) is 5.69 Å². The zero-order valence-corrected chi connectivity index (χ0v) is 17.7. The van der Waals surface area contributed by atoms with Crippen LogP contribution in [0.25, 0.3) is 17.3 Å². The summed E-state index contributed by atoms with van der Waals surface area (Å²) < 4.78 is 2.34. The Labute approximate surface area is 178 Å². The standard InChI is InChI=1S/C28H26N2/c1-20-18-23(21(2)30(20)24-14-8-5-9-15-24)19-26-25-16-10-11-17-27(25)29(3)28(26)22-12-6-4-7-13-22/h4-19,28H,1-3H3. The van der Waals surface area contributed by atoms with Crippen molar-refractivity contribution in [2.24, 2.45) is 0 Å². The number of aryl methyl sites for hydroxylation is 1. The van der Waals surface area contributed by atoms with Gasteiger partial charge in [0.2, 0.25) is 0 Å². The molecule has 1 aliphatic rings. The van der Waals surface area contributed by atoms with Crippen molar-refractivity contribution >= 4 is 17.3 Å². The van der Waals surface area contributed by atoms with Crippen molar-refractivity contribution in [1.29, 1.82) is 0 Å². The molecule has 0 fully saturated rings. The van der Waals surface area contributed by atoms with E-state index in [1.807, 2.05) is 0 Å². The molecule has 30 heavy (non-hydrogen) atoms. The molecule has 148 valence electrons. The molecule has 4 aromatic rings. The Morgan fingerprint density at radius 1 is 0.767 bits per heavy atom. The molecule has 1 aromatic heterocycles. The first-order chi connectivity index (χ1) is 14.6. The molecule has 0 saturated carbocycles. The van der Waals surface area contributed by atoms with E-state index >= 15 is 0 Å². The second kappa shape index (κ2) is 7.38. The normalized spacial score (nSPS) is 16.8. The average molecular weight is 391 g/mol. The van der Waals surface area contributed by atoms with Crippen molar-refractivity contribution in [3.63, 3.8) is 0 Å². The third-order valence-electron chi connectivity index (χ3n) is 6.19. The first kappa shape index (κ1) is 18.5. The van der Waals surface area contributed by atoms with Crippen LogP contribution in [0, 0.1) is 13.8 Å². The molecule has 0 aliphatic carbocycles. The number of likely N-dealkylation sites (N-methyl/N-ethyl adjacent to an activating group) is 1. The number of rotatable bonds is 3. The van der Waals surface area contributed by atoms with E-state index in [4.69, 9.17) is 0 Å². The third kappa shape index (κ3) is 2.96. The first-order valence-electron chi connectivity index (χ1n) is 10.5. The highest BCUT2D eigenvalue weighted by Crippen LogP contribution is 2.48. The Bertz CT molecular complexity index is 1220. The fourth-order valence-corrected chi connectivity index (χ4v) is 4.79. The molecule has 2 nitrogen and oxygen atoms in total. The van der Waals surface area contributed by atoms with Crippen LogP contribution in [0.3, 0.4) is 0 Å². The van der Waals surface area contributed by atoms with Gasteiger partial charge in [0.25, 0.3) is 0 Å². The lowest BCUT2D eigenvalue weighted by Crippen LogP contribution is -2.19. The Kier molecular flexibility index (Phi) is 4.55.